The van der Waals surface area contributed by atoms with Crippen LogP contribution in [0.4, 0.5) is 4.39 Å². The van der Waals surface area contributed by atoms with Crippen LogP contribution in [0.25, 0.3) is 0 Å². The van der Waals surface area contributed by atoms with Gasteiger partial charge in [0.25, 0.3) is 0 Å². The van der Waals surface area contributed by atoms with Crippen LogP contribution in [-0.4, -0.2) is 42.5 Å². The van der Waals surface area contributed by atoms with E-state index in [2.05, 4.69) is 15.9 Å². The van der Waals surface area contributed by atoms with Crippen molar-refractivity contribution in [3.05, 3.63) is 34.6 Å². The van der Waals surface area contributed by atoms with Crippen LogP contribution >= 0.6 is 11.6 Å². The standard InChI is InChI=1S/C15H19ClFN3/c16-14-4-3-5-15(17)13(14)12-20-10-8-19(9-11-20)7-2-1-6-18/h3-5H,1-2,7-12H2. The summed E-state index contributed by atoms with van der Waals surface area (Å²) >= 11 is 6.05. The summed E-state index contributed by atoms with van der Waals surface area (Å²) in [6.45, 7) is 5.31. The first-order chi connectivity index (χ1) is 9.70. The maximum absolute atomic E-state index is 13.7. The molecule has 0 atom stereocenters. The van der Waals surface area contributed by atoms with Crippen LogP contribution in [0.1, 0.15) is 18.4 Å². The van der Waals surface area contributed by atoms with E-state index in [9.17, 15) is 4.39 Å². The summed E-state index contributed by atoms with van der Waals surface area (Å²) in [6, 6.07) is 6.99. The van der Waals surface area contributed by atoms with Gasteiger partial charge in [0.1, 0.15) is 5.82 Å². The van der Waals surface area contributed by atoms with Crippen LogP contribution in [0.15, 0.2) is 18.2 Å². The van der Waals surface area contributed by atoms with Gasteiger partial charge in [0.2, 0.25) is 0 Å². The number of unbranched alkanes of at least 4 members (excludes halogenated alkanes) is 1. The number of halogens is 2. The summed E-state index contributed by atoms with van der Waals surface area (Å²) in [6.07, 6.45) is 1.54. The van der Waals surface area contributed by atoms with Crippen LogP contribution in [0, 0.1) is 17.1 Å². The van der Waals surface area contributed by atoms with E-state index in [0.717, 1.165) is 39.1 Å². The van der Waals surface area contributed by atoms with Crippen molar-refractivity contribution in [2.45, 2.75) is 19.4 Å². The van der Waals surface area contributed by atoms with E-state index in [1.165, 1.54) is 6.07 Å². The molecule has 0 unspecified atom stereocenters. The van der Waals surface area contributed by atoms with Crippen molar-refractivity contribution in [3.8, 4) is 6.07 Å². The molecule has 0 N–H and O–H groups in total. The van der Waals surface area contributed by atoms with Gasteiger partial charge >= 0.3 is 0 Å². The fraction of sp³-hybridized carbons (Fsp3) is 0.533. The molecule has 1 saturated heterocycles. The van der Waals surface area contributed by atoms with E-state index < -0.39 is 0 Å². The van der Waals surface area contributed by atoms with Gasteiger partial charge < -0.3 is 4.90 Å². The van der Waals surface area contributed by atoms with Gasteiger partial charge in [-0.05, 0) is 25.1 Å². The number of hydrogen-bond acceptors (Lipinski definition) is 3. The highest BCUT2D eigenvalue weighted by Crippen LogP contribution is 2.21. The highest BCUT2D eigenvalue weighted by molar-refractivity contribution is 6.31. The van der Waals surface area contributed by atoms with Crippen molar-refractivity contribution in [2.24, 2.45) is 0 Å². The van der Waals surface area contributed by atoms with Gasteiger partial charge in [0.05, 0.1) is 6.07 Å². The van der Waals surface area contributed by atoms with E-state index in [-0.39, 0.29) is 5.82 Å². The second-order valence-electron chi connectivity index (χ2n) is 5.08. The Hall–Kier alpha value is -1.15. The van der Waals surface area contributed by atoms with E-state index in [1.54, 1.807) is 12.1 Å². The molecule has 1 aromatic carbocycles. The van der Waals surface area contributed by atoms with Gasteiger partial charge in [0.15, 0.2) is 0 Å². The van der Waals surface area contributed by atoms with Crippen LogP contribution in [-0.2, 0) is 6.54 Å². The number of nitriles is 1. The Kier molecular flexibility index (Phi) is 5.78. The zero-order valence-corrected chi connectivity index (χ0v) is 12.2. The van der Waals surface area contributed by atoms with E-state index >= 15 is 0 Å². The normalized spacial score (nSPS) is 17.1. The average molecular weight is 296 g/mol. The van der Waals surface area contributed by atoms with E-state index in [0.29, 0.717) is 23.6 Å². The predicted molar refractivity (Wildman–Crippen MR) is 78.0 cm³/mol. The Morgan fingerprint density at radius 1 is 1.20 bits per heavy atom. The second-order valence-corrected chi connectivity index (χ2v) is 5.49. The maximum atomic E-state index is 13.7. The Bertz CT molecular complexity index is 458. The highest BCUT2D eigenvalue weighted by atomic mass is 35.5. The molecule has 1 aliphatic rings. The minimum Gasteiger partial charge on any atom is -0.301 e. The predicted octanol–water partition coefficient (Wildman–Crippen LogP) is 2.90. The van der Waals surface area contributed by atoms with Gasteiger partial charge in [0, 0.05) is 49.7 Å². The molecular formula is C15H19ClFN3. The average Bonchev–Trinajstić information content (AvgIpc) is 2.45. The molecule has 20 heavy (non-hydrogen) atoms. The number of piperazine rings is 1. The van der Waals surface area contributed by atoms with Crippen molar-refractivity contribution in [2.75, 3.05) is 32.7 Å². The lowest BCUT2D eigenvalue weighted by Gasteiger charge is -2.34. The van der Waals surface area contributed by atoms with Crippen molar-refractivity contribution in [1.82, 2.24) is 9.80 Å². The number of hydrogen-bond donors (Lipinski definition) is 0. The molecule has 0 aliphatic carbocycles. The molecule has 3 nitrogen and oxygen atoms in total. The third kappa shape index (κ3) is 4.17. The molecule has 0 radical (unpaired) electrons. The Balaban J connectivity index is 1.81. The quantitative estimate of drug-likeness (QED) is 0.783. The second kappa shape index (κ2) is 7.58. The summed E-state index contributed by atoms with van der Waals surface area (Å²) in [5.41, 5.74) is 0.590. The molecule has 1 aliphatic heterocycles. The Morgan fingerprint density at radius 3 is 2.55 bits per heavy atom. The van der Waals surface area contributed by atoms with Gasteiger partial charge in [-0.2, -0.15) is 5.26 Å². The largest absolute Gasteiger partial charge is 0.301 e. The molecule has 1 heterocycles. The molecular weight excluding hydrogens is 277 g/mol. The SMILES string of the molecule is N#CCCCN1CCN(Cc2c(F)cccc2Cl)CC1. The molecule has 1 fully saturated rings. The van der Waals surface area contributed by atoms with Crippen LogP contribution in [0.5, 0.6) is 0 Å². The Morgan fingerprint density at radius 2 is 1.90 bits per heavy atom. The van der Waals surface area contributed by atoms with Crippen molar-refractivity contribution in [1.29, 1.82) is 5.26 Å². The zero-order valence-electron chi connectivity index (χ0n) is 11.5. The topological polar surface area (TPSA) is 30.3 Å². The monoisotopic (exact) mass is 295 g/mol. The molecule has 2 rings (SSSR count). The molecule has 0 bridgehead atoms. The first-order valence-electron chi connectivity index (χ1n) is 6.95. The summed E-state index contributed by atoms with van der Waals surface area (Å²) in [5, 5.41) is 9.03. The lowest BCUT2D eigenvalue weighted by molar-refractivity contribution is 0.125. The minimum absolute atomic E-state index is 0.228. The first-order valence-corrected chi connectivity index (χ1v) is 7.33. The lowest BCUT2D eigenvalue weighted by Crippen LogP contribution is -2.46. The number of rotatable bonds is 5. The van der Waals surface area contributed by atoms with E-state index in [4.69, 9.17) is 16.9 Å². The summed E-state index contributed by atoms with van der Waals surface area (Å²) in [5.74, 6) is -0.228. The first kappa shape index (κ1) is 15.2. The van der Waals surface area contributed by atoms with Gasteiger partial charge in [-0.15, -0.1) is 0 Å². The highest BCUT2D eigenvalue weighted by Gasteiger charge is 2.18. The van der Waals surface area contributed by atoms with Crippen molar-refractivity contribution in [3.63, 3.8) is 0 Å². The lowest BCUT2D eigenvalue weighted by atomic mass is 10.1. The van der Waals surface area contributed by atoms with Crippen LogP contribution in [0.3, 0.4) is 0 Å². The van der Waals surface area contributed by atoms with Gasteiger partial charge in [-0.1, -0.05) is 17.7 Å². The molecule has 0 spiro atoms. The number of benzene rings is 1. The Labute approximate surface area is 124 Å². The third-order valence-corrected chi connectivity index (χ3v) is 4.03. The summed E-state index contributed by atoms with van der Waals surface area (Å²) in [7, 11) is 0. The fourth-order valence-corrected chi connectivity index (χ4v) is 2.68. The summed E-state index contributed by atoms with van der Waals surface area (Å²) in [4.78, 5) is 4.59. The van der Waals surface area contributed by atoms with Crippen molar-refractivity contribution < 1.29 is 4.39 Å². The molecule has 0 aromatic heterocycles. The zero-order chi connectivity index (χ0) is 14.4. The van der Waals surface area contributed by atoms with Crippen LogP contribution < -0.4 is 0 Å². The van der Waals surface area contributed by atoms with E-state index in [1.807, 2.05) is 0 Å². The van der Waals surface area contributed by atoms with Gasteiger partial charge in [-0.25, -0.2) is 4.39 Å². The smallest absolute Gasteiger partial charge is 0.129 e. The molecule has 108 valence electrons. The number of nitrogens with zero attached hydrogens (tertiary/aromatic N) is 3. The molecule has 0 amide bonds. The molecule has 0 saturated carbocycles. The van der Waals surface area contributed by atoms with Crippen molar-refractivity contribution >= 4 is 11.6 Å². The third-order valence-electron chi connectivity index (χ3n) is 3.67. The van der Waals surface area contributed by atoms with Crippen LogP contribution in [0.2, 0.25) is 5.02 Å². The minimum atomic E-state index is -0.228. The summed E-state index contributed by atoms with van der Waals surface area (Å²) < 4.78 is 13.7. The maximum Gasteiger partial charge on any atom is 0.129 e. The molecule has 1 aromatic rings. The van der Waals surface area contributed by atoms with Gasteiger partial charge in [-0.3, -0.25) is 4.90 Å². The molecule has 5 heteroatoms. The fourth-order valence-electron chi connectivity index (χ4n) is 2.46.